The van der Waals surface area contributed by atoms with Crippen LogP contribution in [0.3, 0.4) is 0 Å². The van der Waals surface area contributed by atoms with Crippen molar-refractivity contribution in [3.8, 4) is 0 Å². The van der Waals surface area contributed by atoms with E-state index in [0.717, 1.165) is 31.1 Å². The van der Waals surface area contributed by atoms with Crippen molar-refractivity contribution in [2.24, 2.45) is 17.8 Å². The maximum absolute atomic E-state index is 15.6. The largest absolute Gasteiger partial charge is 0.206 e. The van der Waals surface area contributed by atoms with Gasteiger partial charge in [-0.1, -0.05) is 63.3 Å². The fraction of sp³-hybridized carbons (Fsp3) is 0.600. The van der Waals surface area contributed by atoms with Gasteiger partial charge in [0, 0.05) is 0 Å². The average Bonchev–Trinajstić information content (AvgIpc) is 2.82. The van der Waals surface area contributed by atoms with E-state index in [-0.39, 0.29) is 11.3 Å². The zero-order valence-electron chi connectivity index (χ0n) is 20.3. The second-order valence-electron chi connectivity index (χ2n) is 10.5. The van der Waals surface area contributed by atoms with Crippen LogP contribution in [0.15, 0.2) is 30.4 Å². The molecule has 0 aromatic heterocycles. The quantitative estimate of drug-likeness (QED) is 0.274. The zero-order chi connectivity index (χ0) is 23.4. The van der Waals surface area contributed by atoms with Crippen molar-refractivity contribution in [3.63, 3.8) is 0 Å². The Morgan fingerprint density at radius 2 is 1.70 bits per heavy atom. The standard InChI is InChI=1S/C30H39F3/c1-3-5-7-9-20-11-12-22-18-23(14-13-21(22)17-20)26-16-15-24-19-25(10-8-6-4-2)28(31)30(33)27(24)29(26)32/h4,6,15-16,19-23H,3,5,7-14,17-18H2,1-2H3/b6-4+/t20?,21-,22?,23-/m1/s1. The molecule has 0 aliphatic heterocycles. The fourth-order valence-corrected chi connectivity index (χ4v) is 6.57. The topological polar surface area (TPSA) is 0 Å². The summed E-state index contributed by atoms with van der Waals surface area (Å²) in [6.45, 7) is 4.16. The number of allylic oxidation sites excluding steroid dienone is 2. The summed E-state index contributed by atoms with van der Waals surface area (Å²) in [5, 5.41) is 0.299. The lowest BCUT2D eigenvalue weighted by Crippen LogP contribution is -2.30. The second kappa shape index (κ2) is 11.1. The Morgan fingerprint density at radius 3 is 2.48 bits per heavy atom. The summed E-state index contributed by atoms with van der Waals surface area (Å²) in [5.41, 5.74) is 0.910. The van der Waals surface area contributed by atoms with Crippen LogP contribution in [-0.2, 0) is 6.42 Å². The van der Waals surface area contributed by atoms with E-state index >= 15 is 4.39 Å². The monoisotopic (exact) mass is 456 g/mol. The van der Waals surface area contributed by atoms with Gasteiger partial charge < -0.3 is 0 Å². The fourth-order valence-electron chi connectivity index (χ4n) is 6.57. The molecule has 3 heteroatoms. The molecule has 0 saturated heterocycles. The Balaban J connectivity index is 1.50. The van der Waals surface area contributed by atoms with E-state index in [4.69, 9.17) is 0 Å². The number of unbranched alkanes of at least 4 members (excludes halogenated alkanes) is 2. The number of rotatable bonds is 8. The molecule has 4 atom stereocenters. The van der Waals surface area contributed by atoms with Crippen LogP contribution in [-0.4, -0.2) is 0 Å². The molecule has 2 aromatic carbocycles. The molecule has 0 nitrogen and oxygen atoms in total. The molecule has 33 heavy (non-hydrogen) atoms. The lowest BCUT2D eigenvalue weighted by Gasteiger charge is -2.42. The van der Waals surface area contributed by atoms with Crippen molar-refractivity contribution in [3.05, 3.63) is 58.9 Å². The van der Waals surface area contributed by atoms with E-state index < -0.39 is 17.5 Å². The van der Waals surface area contributed by atoms with Crippen LogP contribution < -0.4 is 0 Å². The number of fused-ring (bicyclic) bond motifs is 2. The first kappa shape index (κ1) is 24.4. The third-order valence-corrected chi connectivity index (χ3v) is 8.42. The minimum Gasteiger partial charge on any atom is -0.206 e. The van der Waals surface area contributed by atoms with Gasteiger partial charge in [-0.3, -0.25) is 0 Å². The highest BCUT2D eigenvalue weighted by Crippen LogP contribution is 2.49. The van der Waals surface area contributed by atoms with E-state index in [1.807, 2.05) is 25.1 Å². The first-order valence-corrected chi connectivity index (χ1v) is 13.2. The normalized spacial score (nSPS) is 25.6. The summed E-state index contributed by atoms with van der Waals surface area (Å²) in [7, 11) is 0. The van der Waals surface area contributed by atoms with E-state index in [1.54, 1.807) is 12.1 Å². The average molecular weight is 457 g/mol. The predicted molar refractivity (Wildman–Crippen MR) is 132 cm³/mol. The molecule has 2 fully saturated rings. The molecule has 0 N–H and O–H groups in total. The lowest BCUT2D eigenvalue weighted by molar-refractivity contribution is 0.112. The van der Waals surface area contributed by atoms with Crippen LogP contribution in [0.1, 0.15) is 102 Å². The van der Waals surface area contributed by atoms with Gasteiger partial charge in [-0.05, 0) is 98.1 Å². The maximum atomic E-state index is 15.6. The van der Waals surface area contributed by atoms with Crippen molar-refractivity contribution in [1.82, 2.24) is 0 Å². The molecule has 0 radical (unpaired) electrons. The molecule has 0 spiro atoms. The minimum atomic E-state index is -1.02. The number of hydrogen-bond donors (Lipinski definition) is 0. The van der Waals surface area contributed by atoms with Gasteiger partial charge in [-0.15, -0.1) is 0 Å². The smallest absolute Gasteiger partial charge is 0.169 e. The molecule has 2 unspecified atom stereocenters. The van der Waals surface area contributed by atoms with Crippen LogP contribution in [0.25, 0.3) is 10.8 Å². The first-order chi connectivity index (χ1) is 16.0. The Kier molecular flexibility index (Phi) is 8.20. The van der Waals surface area contributed by atoms with E-state index in [0.29, 0.717) is 35.3 Å². The summed E-state index contributed by atoms with van der Waals surface area (Å²) in [6, 6.07) is 5.26. The van der Waals surface area contributed by atoms with Gasteiger partial charge in [0.15, 0.2) is 11.6 Å². The van der Waals surface area contributed by atoms with Crippen molar-refractivity contribution in [2.75, 3.05) is 0 Å². The molecule has 0 bridgehead atoms. The maximum Gasteiger partial charge on any atom is 0.169 e. The van der Waals surface area contributed by atoms with Gasteiger partial charge >= 0.3 is 0 Å². The van der Waals surface area contributed by atoms with Gasteiger partial charge in [-0.2, -0.15) is 0 Å². The molecule has 0 amide bonds. The highest BCUT2D eigenvalue weighted by atomic mass is 19.2. The van der Waals surface area contributed by atoms with Crippen molar-refractivity contribution >= 4 is 10.8 Å². The molecule has 2 aliphatic carbocycles. The van der Waals surface area contributed by atoms with Gasteiger partial charge in [0.25, 0.3) is 0 Å². The number of hydrogen-bond acceptors (Lipinski definition) is 0. The first-order valence-electron chi connectivity index (χ1n) is 13.2. The zero-order valence-corrected chi connectivity index (χ0v) is 20.3. The molecule has 2 aromatic rings. The summed E-state index contributed by atoms with van der Waals surface area (Å²) >= 11 is 0. The third-order valence-electron chi connectivity index (χ3n) is 8.42. The van der Waals surface area contributed by atoms with Crippen LogP contribution in [0.4, 0.5) is 13.2 Å². The van der Waals surface area contributed by atoms with Gasteiger partial charge in [0.05, 0.1) is 5.39 Å². The summed E-state index contributed by atoms with van der Waals surface area (Å²) in [4.78, 5) is 0. The summed E-state index contributed by atoms with van der Waals surface area (Å²) < 4.78 is 45.3. The molecule has 2 saturated carbocycles. The SMILES string of the molecule is C/C=C/CCc1cc2ccc([C@@H]3CC[C@@H]4CC(CCCCC)CCC4C3)c(F)c2c(F)c1F. The molecule has 180 valence electrons. The van der Waals surface area contributed by atoms with E-state index in [1.165, 1.54) is 44.9 Å². The van der Waals surface area contributed by atoms with Crippen LogP contribution in [0, 0.1) is 35.2 Å². The van der Waals surface area contributed by atoms with Crippen LogP contribution in [0.5, 0.6) is 0 Å². The number of halogens is 3. The second-order valence-corrected chi connectivity index (χ2v) is 10.5. The van der Waals surface area contributed by atoms with E-state index in [9.17, 15) is 8.78 Å². The van der Waals surface area contributed by atoms with Crippen LogP contribution in [0.2, 0.25) is 0 Å². The number of benzene rings is 2. The Hall–Kier alpha value is -1.77. The Morgan fingerprint density at radius 1 is 0.909 bits per heavy atom. The third kappa shape index (κ3) is 5.33. The molecule has 0 heterocycles. The van der Waals surface area contributed by atoms with Crippen molar-refractivity contribution in [2.45, 2.75) is 96.8 Å². The van der Waals surface area contributed by atoms with Gasteiger partial charge in [-0.25, -0.2) is 13.2 Å². The van der Waals surface area contributed by atoms with E-state index in [2.05, 4.69) is 6.92 Å². The number of aryl methyl sites for hydroxylation is 1. The molecule has 2 aliphatic rings. The Bertz CT molecular complexity index is 976. The van der Waals surface area contributed by atoms with Crippen molar-refractivity contribution in [1.29, 1.82) is 0 Å². The lowest BCUT2D eigenvalue weighted by atomic mass is 9.63. The summed E-state index contributed by atoms with van der Waals surface area (Å²) in [6.07, 6.45) is 17.2. The van der Waals surface area contributed by atoms with Gasteiger partial charge in [0.2, 0.25) is 0 Å². The molecular weight excluding hydrogens is 417 g/mol. The minimum absolute atomic E-state index is 0.115. The van der Waals surface area contributed by atoms with Crippen molar-refractivity contribution < 1.29 is 13.2 Å². The van der Waals surface area contributed by atoms with Gasteiger partial charge in [0.1, 0.15) is 5.82 Å². The molecular formula is C30H39F3. The Labute approximate surface area is 197 Å². The highest BCUT2D eigenvalue weighted by Gasteiger charge is 2.36. The molecule has 4 rings (SSSR count). The van der Waals surface area contributed by atoms with Crippen LogP contribution >= 0.6 is 0 Å². The predicted octanol–water partition coefficient (Wildman–Crippen LogP) is 9.65. The summed E-state index contributed by atoms with van der Waals surface area (Å²) in [5.74, 6) is -0.0665. The highest BCUT2D eigenvalue weighted by molar-refractivity contribution is 5.85.